The molecule has 98 valence electrons. The number of halogens is 1. The zero-order valence-electron chi connectivity index (χ0n) is 9.63. The van der Waals surface area contributed by atoms with Gasteiger partial charge in [-0.3, -0.25) is 14.9 Å². The Labute approximate surface area is 116 Å². The van der Waals surface area contributed by atoms with Gasteiger partial charge in [-0.1, -0.05) is 0 Å². The second-order valence-corrected chi connectivity index (χ2v) is 4.54. The molecule has 0 bridgehead atoms. The number of nitrogens with zero attached hydrogens (tertiary/aromatic N) is 1. The topological polar surface area (TPSA) is 85.4 Å². The molecule has 0 aliphatic carbocycles. The first kappa shape index (κ1) is 13.3. The van der Waals surface area contributed by atoms with Crippen molar-refractivity contribution in [2.75, 3.05) is 0 Å². The van der Waals surface area contributed by atoms with E-state index in [-0.39, 0.29) is 17.8 Å². The molecular weight excluding hydrogens is 316 g/mol. The molecule has 0 atom stereocenters. The van der Waals surface area contributed by atoms with E-state index in [0.29, 0.717) is 10.2 Å². The Morgan fingerprint density at radius 2 is 2.21 bits per heavy atom. The zero-order chi connectivity index (χ0) is 13.8. The first-order valence-corrected chi connectivity index (χ1v) is 6.12. The Balaban J connectivity index is 2.11. The highest BCUT2D eigenvalue weighted by atomic mass is 79.9. The van der Waals surface area contributed by atoms with Gasteiger partial charge in [-0.05, 0) is 40.2 Å². The van der Waals surface area contributed by atoms with E-state index in [1.807, 2.05) is 0 Å². The lowest BCUT2D eigenvalue weighted by Crippen LogP contribution is -2.22. The monoisotopic (exact) mass is 324 g/mol. The number of nitro benzene ring substituents is 1. The molecule has 0 fully saturated rings. The summed E-state index contributed by atoms with van der Waals surface area (Å²) in [6, 6.07) is 7.65. The van der Waals surface area contributed by atoms with E-state index in [0.717, 1.165) is 0 Å². The third kappa shape index (κ3) is 3.19. The highest BCUT2D eigenvalue weighted by Gasteiger charge is 2.15. The summed E-state index contributed by atoms with van der Waals surface area (Å²) in [6.07, 6.45) is 1.51. The van der Waals surface area contributed by atoms with Crippen LogP contribution in [-0.4, -0.2) is 10.8 Å². The van der Waals surface area contributed by atoms with Crippen molar-refractivity contribution in [2.45, 2.75) is 6.54 Å². The van der Waals surface area contributed by atoms with Crippen LogP contribution in [0.2, 0.25) is 0 Å². The Morgan fingerprint density at radius 1 is 1.42 bits per heavy atom. The van der Waals surface area contributed by atoms with Crippen LogP contribution < -0.4 is 5.32 Å². The number of furan rings is 1. The largest absolute Gasteiger partial charge is 0.467 e. The number of amides is 1. The van der Waals surface area contributed by atoms with Crippen molar-refractivity contribution < 1.29 is 14.1 Å². The van der Waals surface area contributed by atoms with Gasteiger partial charge in [0.05, 0.1) is 22.2 Å². The van der Waals surface area contributed by atoms with Crippen LogP contribution in [0.15, 0.2) is 45.5 Å². The predicted molar refractivity (Wildman–Crippen MR) is 70.7 cm³/mol. The van der Waals surface area contributed by atoms with Gasteiger partial charge in [-0.15, -0.1) is 0 Å². The van der Waals surface area contributed by atoms with E-state index >= 15 is 0 Å². The summed E-state index contributed by atoms with van der Waals surface area (Å²) in [5.74, 6) is 0.215. The summed E-state index contributed by atoms with van der Waals surface area (Å²) in [4.78, 5) is 22.1. The molecule has 2 rings (SSSR count). The third-order valence-electron chi connectivity index (χ3n) is 2.41. The van der Waals surface area contributed by atoms with E-state index < -0.39 is 10.8 Å². The number of hydrogen-bond donors (Lipinski definition) is 1. The predicted octanol–water partition coefficient (Wildman–Crippen LogP) is 2.88. The van der Waals surface area contributed by atoms with E-state index in [1.165, 1.54) is 24.5 Å². The lowest BCUT2D eigenvalue weighted by Gasteiger charge is -2.04. The molecule has 1 N–H and O–H groups in total. The van der Waals surface area contributed by atoms with Crippen molar-refractivity contribution in [1.29, 1.82) is 0 Å². The second kappa shape index (κ2) is 5.66. The molecular formula is C12H9BrN2O4. The highest BCUT2D eigenvalue weighted by Crippen LogP contribution is 2.25. The smallest absolute Gasteiger partial charge is 0.284 e. The van der Waals surface area contributed by atoms with Crippen LogP contribution in [0.4, 0.5) is 5.69 Å². The summed E-state index contributed by atoms with van der Waals surface area (Å²) in [5, 5.41) is 13.4. The lowest BCUT2D eigenvalue weighted by atomic mass is 10.2. The Morgan fingerprint density at radius 3 is 2.84 bits per heavy atom. The molecule has 2 aromatic rings. The van der Waals surface area contributed by atoms with Gasteiger partial charge in [0.25, 0.3) is 11.6 Å². The summed E-state index contributed by atoms with van der Waals surface area (Å²) in [5.41, 5.74) is 0.0760. The molecule has 1 aromatic heterocycles. The van der Waals surface area contributed by atoms with Crippen LogP contribution in [0.5, 0.6) is 0 Å². The molecule has 0 aliphatic rings. The summed E-state index contributed by atoms with van der Waals surface area (Å²) < 4.78 is 5.40. The number of nitrogens with one attached hydrogen (secondary N) is 1. The van der Waals surface area contributed by atoms with Crippen molar-refractivity contribution in [2.24, 2.45) is 0 Å². The van der Waals surface area contributed by atoms with E-state index in [1.54, 1.807) is 12.1 Å². The number of carbonyl (C=O) groups is 1. The zero-order valence-corrected chi connectivity index (χ0v) is 11.2. The normalized spacial score (nSPS) is 10.2. The number of carbonyl (C=O) groups excluding carboxylic acids is 1. The van der Waals surface area contributed by atoms with Crippen LogP contribution >= 0.6 is 15.9 Å². The number of hydrogen-bond acceptors (Lipinski definition) is 4. The second-order valence-electron chi connectivity index (χ2n) is 3.69. The average Bonchev–Trinajstić information content (AvgIpc) is 2.89. The minimum absolute atomic E-state index is 0.148. The third-order valence-corrected chi connectivity index (χ3v) is 3.08. The fraction of sp³-hybridized carbons (Fsp3) is 0.0833. The van der Waals surface area contributed by atoms with Crippen LogP contribution in [-0.2, 0) is 6.54 Å². The molecule has 1 amide bonds. The summed E-state index contributed by atoms with van der Waals surface area (Å²) in [7, 11) is 0. The number of benzene rings is 1. The van der Waals surface area contributed by atoms with Crippen molar-refractivity contribution in [3.05, 3.63) is 62.5 Å². The van der Waals surface area contributed by atoms with Gasteiger partial charge in [-0.2, -0.15) is 0 Å². The van der Waals surface area contributed by atoms with Gasteiger partial charge in [0.1, 0.15) is 5.76 Å². The average molecular weight is 325 g/mol. The van der Waals surface area contributed by atoms with Crippen LogP contribution in [0.1, 0.15) is 16.1 Å². The van der Waals surface area contributed by atoms with E-state index in [2.05, 4.69) is 21.2 Å². The molecule has 1 heterocycles. The maximum atomic E-state index is 11.8. The van der Waals surface area contributed by atoms with Gasteiger partial charge in [0.15, 0.2) is 0 Å². The van der Waals surface area contributed by atoms with Gasteiger partial charge in [0, 0.05) is 11.6 Å². The van der Waals surface area contributed by atoms with Crippen molar-refractivity contribution in [3.63, 3.8) is 0 Å². The van der Waals surface area contributed by atoms with Gasteiger partial charge < -0.3 is 9.73 Å². The molecule has 0 saturated heterocycles. The SMILES string of the molecule is O=C(NCc1ccco1)c1ccc(Br)c([N+](=O)[O-])c1. The lowest BCUT2D eigenvalue weighted by molar-refractivity contribution is -0.385. The van der Waals surface area contributed by atoms with Crippen molar-refractivity contribution in [1.82, 2.24) is 5.32 Å². The molecule has 0 aliphatic heterocycles. The maximum Gasteiger partial charge on any atom is 0.284 e. The molecule has 6 nitrogen and oxygen atoms in total. The van der Waals surface area contributed by atoms with Gasteiger partial charge in [0.2, 0.25) is 0 Å². The minimum Gasteiger partial charge on any atom is -0.467 e. The molecule has 0 radical (unpaired) electrons. The Kier molecular flexibility index (Phi) is 3.96. The molecule has 0 spiro atoms. The molecule has 0 saturated carbocycles. The van der Waals surface area contributed by atoms with Crippen LogP contribution in [0, 0.1) is 10.1 Å². The van der Waals surface area contributed by atoms with Crippen LogP contribution in [0.25, 0.3) is 0 Å². The molecule has 19 heavy (non-hydrogen) atoms. The quantitative estimate of drug-likeness (QED) is 0.692. The fourth-order valence-electron chi connectivity index (χ4n) is 1.48. The fourth-order valence-corrected chi connectivity index (χ4v) is 1.87. The van der Waals surface area contributed by atoms with E-state index in [4.69, 9.17) is 4.42 Å². The maximum absolute atomic E-state index is 11.8. The number of nitro groups is 1. The summed E-state index contributed by atoms with van der Waals surface area (Å²) >= 11 is 3.06. The Hall–Kier alpha value is -2.15. The van der Waals surface area contributed by atoms with Gasteiger partial charge in [-0.25, -0.2) is 0 Å². The molecule has 7 heteroatoms. The Bertz CT molecular complexity index is 610. The first-order valence-electron chi connectivity index (χ1n) is 5.32. The van der Waals surface area contributed by atoms with Crippen LogP contribution in [0.3, 0.4) is 0 Å². The number of rotatable bonds is 4. The highest BCUT2D eigenvalue weighted by molar-refractivity contribution is 9.10. The molecule has 1 aromatic carbocycles. The minimum atomic E-state index is -0.548. The first-order chi connectivity index (χ1) is 9.08. The summed E-state index contributed by atoms with van der Waals surface area (Å²) in [6.45, 7) is 0.232. The van der Waals surface area contributed by atoms with Crippen molar-refractivity contribution in [3.8, 4) is 0 Å². The van der Waals surface area contributed by atoms with Crippen molar-refractivity contribution >= 4 is 27.5 Å². The van der Waals surface area contributed by atoms with Gasteiger partial charge >= 0.3 is 0 Å². The molecule has 0 unspecified atom stereocenters. The van der Waals surface area contributed by atoms with E-state index in [9.17, 15) is 14.9 Å². The standard InChI is InChI=1S/C12H9BrN2O4/c13-10-4-3-8(6-11(10)15(17)18)12(16)14-7-9-2-1-5-19-9/h1-6H,7H2,(H,14,16).